The number of aromatic nitrogens is 4. The van der Waals surface area contributed by atoms with E-state index in [-0.39, 0.29) is 16.6 Å². The van der Waals surface area contributed by atoms with Gasteiger partial charge in [-0.25, -0.2) is 8.42 Å². The average Bonchev–Trinajstić information content (AvgIpc) is 3.45. The highest BCUT2D eigenvalue weighted by Crippen LogP contribution is 2.24. The molecule has 1 saturated heterocycles. The van der Waals surface area contributed by atoms with Crippen molar-refractivity contribution in [2.24, 2.45) is 0 Å². The molecule has 32 heavy (non-hydrogen) atoms. The van der Waals surface area contributed by atoms with Crippen LogP contribution in [-0.4, -0.2) is 57.7 Å². The quantitative estimate of drug-likeness (QED) is 0.527. The summed E-state index contributed by atoms with van der Waals surface area (Å²) in [7, 11) is -3.54. The summed E-state index contributed by atoms with van der Waals surface area (Å²) in [5.41, 5.74) is 3.45. The number of anilines is 1. The van der Waals surface area contributed by atoms with Crippen LogP contribution in [0.3, 0.4) is 0 Å². The minimum absolute atomic E-state index is 0.0778. The van der Waals surface area contributed by atoms with E-state index in [0.29, 0.717) is 23.9 Å². The maximum atomic E-state index is 12.8. The molecule has 0 aliphatic carbocycles. The Bertz CT molecular complexity index is 1240. The van der Waals surface area contributed by atoms with Gasteiger partial charge in [0.2, 0.25) is 21.1 Å². The highest BCUT2D eigenvalue weighted by atomic mass is 32.2. The van der Waals surface area contributed by atoms with E-state index in [2.05, 4.69) is 20.8 Å². The Morgan fingerprint density at radius 3 is 2.66 bits per heavy atom. The van der Waals surface area contributed by atoms with Gasteiger partial charge in [0.1, 0.15) is 0 Å². The number of sulfonamides is 1. The smallest absolute Gasteiger partial charge is 0.243 e. The zero-order chi connectivity index (χ0) is 22.7. The predicted molar refractivity (Wildman–Crippen MR) is 122 cm³/mol. The van der Waals surface area contributed by atoms with Crippen LogP contribution in [0.25, 0.3) is 5.69 Å². The Labute approximate surface area is 191 Å². The van der Waals surface area contributed by atoms with Gasteiger partial charge in [-0.1, -0.05) is 35.5 Å². The molecule has 0 unspecified atom stereocenters. The van der Waals surface area contributed by atoms with E-state index in [1.54, 1.807) is 22.9 Å². The molecule has 2 heterocycles. The van der Waals surface area contributed by atoms with Crippen LogP contribution >= 0.6 is 11.8 Å². The third-order valence-electron chi connectivity index (χ3n) is 5.17. The van der Waals surface area contributed by atoms with Crippen molar-refractivity contribution >= 4 is 33.4 Å². The second-order valence-corrected chi connectivity index (χ2v) is 10.5. The molecular weight excluding hydrogens is 448 g/mol. The Morgan fingerprint density at radius 1 is 1.12 bits per heavy atom. The topological polar surface area (TPSA) is 110 Å². The molecule has 9 nitrogen and oxygen atoms in total. The SMILES string of the molecule is Cc1ccc(-n2nnnc2SCC(=O)Nc2cccc(S(=O)(=O)N3CCCC3)c2)c(C)c1. The molecule has 168 valence electrons. The Balaban J connectivity index is 1.42. The number of nitrogens with zero attached hydrogens (tertiary/aromatic N) is 5. The van der Waals surface area contributed by atoms with Gasteiger partial charge >= 0.3 is 0 Å². The van der Waals surface area contributed by atoms with Crippen LogP contribution in [0.2, 0.25) is 0 Å². The van der Waals surface area contributed by atoms with Gasteiger partial charge in [0.25, 0.3) is 0 Å². The number of rotatable bonds is 7. The fourth-order valence-corrected chi connectivity index (χ4v) is 5.85. The second-order valence-electron chi connectivity index (χ2n) is 7.64. The molecule has 3 aromatic rings. The number of carbonyl (C=O) groups is 1. The highest BCUT2D eigenvalue weighted by Gasteiger charge is 2.27. The lowest BCUT2D eigenvalue weighted by atomic mass is 10.1. The van der Waals surface area contributed by atoms with Crippen LogP contribution in [0.5, 0.6) is 0 Å². The van der Waals surface area contributed by atoms with Gasteiger partial charge in [-0.05, 0) is 66.9 Å². The van der Waals surface area contributed by atoms with Crippen molar-refractivity contribution in [1.29, 1.82) is 0 Å². The number of tetrazole rings is 1. The molecule has 1 aliphatic rings. The van der Waals surface area contributed by atoms with E-state index in [9.17, 15) is 13.2 Å². The van der Waals surface area contributed by atoms with E-state index in [1.165, 1.54) is 22.1 Å². The molecule has 0 radical (unpaired) electrons. The molecule has 2 aromatic carbocycles. The van der Waals surface area contributed by atoms with Crippen LogP contribution in [0.15, 0.2) is 52.5 Å². The van der Waals surface area contributed by atoms with Crippen LogP contribution < -0.4 is 5.32 Å². The normalized spacial score (nSPS) is 14.6. The first kappa shape index (κ1) is 22.4. The van der Waals surface area contributed by atoms with Crippen LogP contribution in [0, 0.1) is 13.8 Å². The lowest BCUT2D eigenvalue weighted by Crippen LogP contribution is -2.28. The lowest BCUT2D eigenvalue weighted by Gasteiger charge is -2.16. The minimum Gasteiger partial charge on any atom is -0.325 e. The second kappa shape index (κ2) is 9.39. The number of hydrogen-bond donors (Lipinski definition) is 1. The Hall–Kier alpha value is -2.76. The number of carbonyl (C=O) groups excluding carboxylic acids is 1. The lowest BCUT2D eigenvalue weighted by molar-refractivity contribution is -0.113. The van der Waals surface area contributed by atoms with Crippen molar-refractivity contribution in [2.45, 2.75) is 36.7 Å². The first-order chi connectivity index (χ1) is 15.3. The molecular formula is C21H24N6O3S2. The van der Waals surface area contributed by atoms with E-state index in [0.717, 1.165) is 29.7 Å². The Morgan fingerprint density at radius 2 is 1.91 bits per heavy atom. The van der Waals surface area contributed by atoms with Gasteiger partial charge in [0.15, 0.2) is 0 Å². The first-order valence-electron chi connectivity index (χ1n) is 10.2. The van der Waals surface area contributed by atoms with Gasteiger partial charge in [-0.15, -0.1) is 5.10 Å². The molecule has 1 aromatic heterocycles. The number of hydrogen-bond acceptors (Lipinski definition) is 7. The van der Waals surface area contributed by atoms with Crippen molar-refractivity contribution in [2.75, 3.05) is 24.2 Å². The summed E-state index contributed by atoms with van der Waals surface area (Å²) >= 11 is 1.21. The zero-order valence-corrected chi connectivity index (χ0v) is 19.5. The summed E-state index contributed by atoms with van der Waals surface area (Å²) in [4.78, 5) is 12.7. The summed E-state index contributed by atoms with van der Waals surface area (Å²) in [6.45, 7) is 5.06. The summed E-state index contributed by atoms with van der Waals surface area (Å²) in [6.07, 6.45) is 1.74. The minimum atomic E-state index is -3.54. The first-order valence-corrected chi connectivity index (χ1v) is 12.7. The van der Waals surface area contributed by atoms with E-state index < -0.39 is 10.0 Å². The van der Waals surface area contributed by atoms with Crippen molar-refractivity contribution in [1.82, 2.24) is 24.5 Å². The zero-order valence-electron chi connectivity index (χ0n) is 17.9. The maximum Gasteiger partial charge on any atom is 0.243 e. The van der Waals surface area contributed by atoms with Crippen molar-refractivity contribution in [3.63, 3.8) is 0 Å². The summed E-state index contributed by atoms with van der Waals surface area (Å²) in [6, 6.07) is 12.3. The monoisotopic (exact) mass is 472 g/mol. The standard InChI is InChI=1S/C21H24N6O3S2/c1-15-8-9-19(16(2)12-15)27-21(23-24-25-27)31-14-20(28)22-17-6-5-7-18(13-17)32(29,30)26-10-3-4-11-26/h5-9,12-13H,3-4,10-11,14H2,1-2H3,(H,22,28). The summed E-state index contributed by atoms with van der Waals surface area (Å²) < 4.78 is 28.6. The maximum absolute atomic E-state index is 12.8. The fourth-order valence-electron chi connectivity index (χ4n) is 3.60. The molecule has 1 fully saturated rings. The Kier molecular flexibility index (Phi) is 6.58. The summed E-state index contributed by atoms with van der Waals surface area (Å²) in [5.74, 6) is -0.199. The molecule has 0 saturated carbocycles. The highest BCUT2D eigenvalue weighted by molar-refractivity contribution is 7.99. The van der Waals surface area contributed by atoms with Gasteiger partial charge in [0, 0.05) is 18.8 Å². The fraction of sp³-hybridized carbons (Fsp3) is 0.333. The van der Waals surface area contributed by atoms with Crippen molar-refractivity contribution < 1.29 is 13.2 Å². The third-order valence-corrected chi connectivity index (χ3v) is 7.99. The van der Waals surface area contributed by atoms with E-state index >= 15 is 0 Å². The van der Waals surface area contributed by atoms with Crippen LogP contribution in [0.4, 0.5) is 5.69 Å². The van der Waals surface area contributed by atoms with Crippen LogP contribution in [-0.2, 0) is 14.8 Å². The average molecular weight is 473 g/mol. The van der Waals surface area contributed by atoms with Gasteiger partial charge in [-0.2, -0.15) is 8.99 Å². The molecule has 4 rings (SSSR count). The molecule has 0 bridgehead atoms. The molecule has 0 spiro atoms. The number of amides is 1. The number of aryl methyl sites for hydroxylation is 2. The molecule has 11 heteroatoms. The van der Waals surface area contributed by atoms with E-state index in [4.69, 9.17) is 0 Å². The third kappa shape index (κ3) is 4.84. The van der Waals surface area contributed by atoms with Gasteiger partial charge in [-0.3, -0.25) is 4.79 Å². The van der Waals surface area contributed by atoms with Crippen molar-refractivity contribution in [3.8, 4) is 5.69 Å². The number of nitrogens with one attached hydrogen (secondary N) is 1. The molecule has 1 aliphatic heterocycles. The summed E-state index contributed by atoms with van der Waals surface area (Å²) in [5, 5.41) is 15.1. The van der Waals surface area contributed by atoms with Crippen molar-refractivity contribution in [3.05, 3.63) is 53.6 Å². The van der Waals surface area contributed by atoms with E-state index in [1.807, 2.05) is 32.0 Å². The molecule has 1 amide bonds. The largest absolute Gasteiger partial charge is 0.325 e. The number of benzene rings is 2. The van der Waals surface area contributed by atoms with Gasteiger partial charge in [0.05, 0.1) is 16.3 Å². The van der Waals surface area contributed by atoms with Gasteiger partial charge < -0.3 is 5.32 Å². The predicted octanol–water partition coefficient (Wildman–Crippen LogP) is 2.79. The molecule has 1 N–H and O–H groups in total. The number of thioether (sulfide) groups is 1. The van der Waals surface area contributed by atoms with Crippen LogP contribution in [0.1, 0.15) is 24.0 Å². The molecule has 0 atom stereocenters.